The fourth-order valence-electron chi connectivity index (χ4n) is 2.26. The van der Waals surface area contributed by atoms with Crippen LogP contribution in [0.5, 0.6) is 11.5 Å². The Morgan fingerprint density at radius 1 is 1.33 bits per heavy atom. The summed E-state index contributed by atoms with van der Waals surface area (Å²) in [5.41, 5.74) is 0.693. The van der Waals surface area contributed by atoms with Gasteiger partial charge in [-0.1, -0.05) is 0 Å². The lowest BCUT2D eigenvalue weighted by molar-refractivity contribution is -0.120. The highest BCUT2D eigenvalue weighted by Crippen LogP contribution is 2.36. The van der Waals surface area contributed by atoms with E-state index in [2.05, 4.69) is 26.6 Å². The summed E-state index contributed by atoms with van der Waals surface area (Å²) in [7, 11) is 3.15. The van der Waals surface area contributed by atoms with E-state index in [0.717, 1.165) is 30.4 Å². The molecule has 0 saturated carbocycles. The minimum Gasteiger partial charge on any atom is -0.493 e. The fourth-order valence-corrected chi connectivity index (χ4v) is 2.68. The summed E-state index contributed by atoms with van der Waals surface area (Å²) < 4.78 is 11.2. The molecule has 1 unspecified atom stereocenters. The van der Waals surface area contributed by atoms with Crippen LogP contribution in [0.2, 0.25) is 0 Å². The van der Waals surface area contributed by atoms with E-state index in [-0.39, 0.29) is 24.2 Å². The summed E-state index contributed by atoms with van der Waals surface area (Å²) in [6, 6.07) is 3.55. The molecule has 2 N–H and O–H groups in total. The zero-order valence-corrected chi connectivity index (χ0v) is 14.5. The van der Waals surface area contributed by atoms with Crippen molar-refractivity contribution in [2.75, 3.05) is 32.6 Å². The van der Waals surface area contributed by atoms with Crippen molar-refractivity contribution < 1.29 is 14.3 Å². The van der Waals surface area contributed by atoms with Crippen molar-refractivity contribution in [1.29, 1.82) is 0 Å². The molecular formula is C14H20BrClN2O3. The number of benzene rings is 1. The number of hydrogen-bond donors (Lipinski definition) is 2. The zero-order chi connectivity index (χ0) is 14.5. The van der Waals surface area contributed by atoms with Crippen molar-refractivity contribution in [3.63, 3.8) is 0 Å². The molecule has 5 nitrogen and oxygen atoms in total. The highest BCUT2D eigenvalue weighted by molar-refractivity contribution is 9.10. The van der Waals surface area contributed by atoms with Crippen molar-refractivity contribution in [2.45, 2.75) is 12.8 Å². The molecule has 1 amide bonds. The maximum absolute atomic E-state index is 12.2. The number of rotatable bonds is 4. The number of amides is 1. The molecule has 1 fully saturated rings. The Balaban J connectivity index is 0.00000220. The van der Waals surface area contributed by atoms with Crippen LogP contribution >= 0.6 is 28.3 Å². The average molecular weight is 380 g/mol. The molecule has 7 heteroatoms. The zero-order valence-electron chi connectivity index (χ0n) is 12.1. The van der Waals surface area contributed by atoms with Crippen LogP contribution < -0.4 is 20.1 Å². The van der Waals surface area contributed by atoms with Gasteiger partial charge in [-0.15, -0.1) is 12.4 Å². The Labute approximate surface area is 139 Å². The van der Waals surface area contributed by atoms with Crippen LogP contribution in [0.15, 0.2) is 16.6 Å². The van der Waals surface area contributed by atoms with E-state index < -0.39 is 0 Å². The van der Waals surface area contributed by atoms with E-state index >= 15 is 0 Å². The van der Waals surface area contributed by atoms with Gasteiger partial charge in [0.1, 0.15) is 0 Å². The summed E-state index contributed by atoms with van der Waals surface area (Å²) in [6.07, 6.45) is 1.95. The molecule has 1 aliphatic heterocycles. The molecular weight excluding hydrogens is 360 g/mol. The minimum atomic E-state index is 0. The predicted molar refractivity (Wildman–Crippen MR) is 88.7 cm³/mol. The second kappa shape index (κ2) is 8.46. The number of anilines is 1. The minimum absolute atomic E-state index is 0. The largest absolute Gasteiger partial charge is 0.493 e. The standard InChI is InChI=1S/C14H19BrN2O3.ClH/c1-19-12-6-10(15)11(7-13(12)20-2)17-14(18)9-4-3-5-16-8-9;/h6-7,9,16H,3-5,8H2,1-2H3,(H,17,18);1H. The van der Waals surface area contributed by atoms with Crippen LogP contribution in [0.25, 0.3) is 0 Å². The molecule has 0 aliphatic carbocycles. The van der Waals surface area contributed by atoms with Gasteiger partial charge >= 0.3 is 0 Å². The van der Waals surface area contributed by atoms with Gasteiger partial charge in [-0.2, -0.15) is 0 Å². The number of ether oxygens (including phenoxy) is 2. The van der Waals surface area contributed by atoms with Crippen molar-refractivity contribution >= 4 is 39.9 Å². The Morgan fingerprint density at radius 3 is 2.57 bits per heavy atom. The molecule has 1 aromatic carbocycles. The third-order valence-corrected chi connectivity index (χ3v) is 4.05. The lowest BCUT2D eigenvalue weighted by Crippen LogP contribution is -2.37. The third-order valence-electron chi connectivity index (χ3n) is 3.40. The van der Waals surface area contributed by atoms with E-state index in [0.29, 0.717) is 17.2 Å². The van der Waals surface area contributed by atoms with E-state index in [1.807, 2.05) is 0 Å². The van der Waals surface area contributed by atoms with Crippen molar-refractivity contribution in [2.24, 2.45) is 5.92 Å². The van der Waals surface area contributed by atoms with Crippen LogP contribution in [0.3, 0.4) is 0 Å². The first kappa shape index (κ1) is 18.1. The van der Waals surface area contributed by atoms with Crippen LogP contribution in [-0.2, 0) is 4.79 Å². The molecule has 0 bridgehead atoms. The summed E-state index contributed by atoms with van der Waals surface area (Å²) in [5, 5.41) is 6.18. The van der Waals surface area contributed by atoms with Gasteiger partial charge in [0.2, 0.25) is 5.91 Å². The van der Waals surface area contributed by atoms with Gasteiger partial charge < -0.3 is 20.1 Å². The molecule has 118 valence electrons. The quantitative estimate of drug-likeness (QED) is 0.844. The van der Waals surface area contributed by atoms with Gasteiger partial charge in [0, 0.05) is 23.2 Å². The first-order valence-electron chi connectivity index (χ1n) is 6.58. The first-order chi connectivity index (χ1) is 9.65. The molecule has 1 heterocycles. The second-order valence-corrected chi connectivity index (χ2v) is 5.57. The molecule has 1 aliphatic rings. The number of halogens is 2. The van der Waals surface area contributed by atoms with E-state index in [1.54, 1.807) is 26.4 Å². The Bertz CT molecular complexity index is 493. The maximum Gasteiger partial charge on any atom is 0.228 e. The Hall–Kier alpha value is -0.980. The lowest BCUT2D eigenvalue weighted by atomic mass is 9.99. The molecule has 2 rings (SSSR count). The van der Waals surface area contributed by atoms with Crippen LogP contribution in [-0.4, -0.2) is 33.2 Å². The van der Waals surface area contributed by atoms with Gasteiger partial charge in [-0.05, 0) is 35.3 Å². The summed E-state index contributed by atoms with van der Waals surface area (Å²) in [5.74, 6) is 1.26. The van der Waals surface area contributed by atoms with Crippen molar-refractivity contribution in [3.8, 4) is 11.5 Å². The Kier molecular flexibility index (Phi) is 7.28. The van der Waals surface area contributed by atoms with Crippen molar-refractivity contribution in [3.05, 3.63) is 16.6 Å². The van der Waals surface area contributed by atoms with Gasteiger partial charge in [0.15, 0.2) is 11.5 Å². The fraction of sp³-hybridized carbons (Fsp3) is 0.500. The lowest BCUT2D eigenvalue weighted by Gasteiger charge is -2.22. The normalized spacial score (nSPS) is 17.6. The number of carbonyl (C=O) groups is 1. The smallest absolute Gasteiger partial charge is 0.228 e. The molecule has 1 aromatic rings. The van der Waals surface area contributed by atoms with Crippen LogP contribution in [0.1, 0.15) is 12.8 Å². The highest BCUT2D eigenvalue weighted by atomic mass is 79.9. The molecule has 0 aromatic heterocycles. The molecule has 0 spiro atoms. The topological polar surface area (TPSA) is 59.6 Å². The van der Waals surface area contributed by atoms with Crippen LogP contribution in [0.4, 0.5) is 5.69 Å². The number of carbonyl (C=O) groups excluding carboxylic acids is 1. The second-order valence-electron chi connectivity index (χ2n) is 4.72. The highest BCUT2D eigenvalue weighted by Gasteiger charge is 2.22. The Morgan fingerprint density at radius 2 is 2.00 bits per heavy atom. The third kappa shape index (κ3) is 4.49. The molecule has 1 atom stereocenters. The summed E-state index contributed by atoms with van der Waals surface area (Å²) >= 11 is 3.44. The number of piperidine rings is 1. The van der Waals surface area contributed by atoms with E-state index in [1.165, 1.54) is 0 Å². The van der Waals surface area contributed by atoms with E-state index in [9.17, 15) is 4.79 Å². The maximum atomic E-state index is 12.2. The molecule has 21 heavy (non-hydrogen) atoms. The number of methoxy groups -OCH3 is 2. The molecule has 0 radical (unpaired) electrons. The SMILES string of the molecule is COc1cc(Br)c(NC(=O)C2CCCNC2)cc1OC.Cl. The van der Waals surface area contributed by atoms with Crippen molar-refractivity contribution in [1.82, 2.24) is 5.32 Å². The van der Waals surface area contributed by atoms with Gasteiger partial charge in [-0.25, -0.2) is 0 Å². The summed E-state index contributed by atoms with van der Waals surface area (Å²) in [6.45, 7) is 1.72. The average Bonchev–Trinajstić information content (AvgIpc) is 2.49. The number of hydrogen-bond acceptors (Lipinski definition) is 4. The molecule has 1 saturated heterocycles. The first-order valence-corrected chi connectivity index (χ1v) is 7.38. The van der Waals surface area contributed by atoms with Crippen LogP contribution in [0, 0.1) is 5.92 Å². The monoisotopic (exact) mass is 378 g/mol. The van der Waals surface area contributed by atoms with Gasteiger partial charge in [-0.3, -0.25) is 4.79 Å². The van der Waals surface area contributed by atoms with E-state index in [4.69, 9.17) is 9.47 Å². The number of nitrogens with one attached hydrogen (secondary N) is 2. The predicted octanol–water partition coefficient (Wildman–Crippen LogP) is 2.83. The van der Waals surface area contributed by atoms with Gasteiger partial charge in [0.05, 0.1) is 25.8 Å². The summed E-state index contributed by atoms with van der Waals surface area (Å²) in [4.78, 5) is 12.2. The van der Waals surface area contributed by atoms with Gasteiger partial charge in [0.25, 0.3) is 0 Å².